The van der Waals surface area contributed by atoms with Gasteiger partial charge in [-0.1, -0.05) is 12.1 Å². The van der Waals surface area contributed by atoms with Gasteiger partial charge in [0.25, 0.3) is 0 Å². The summed E-state index contributed by atoms with van der Waals surface area (Å²) in [5.74, 6) is -5.74. The Labute approximate surface area is 200 Å². The highest BCUT2D eigenvalue weighted by molar-refractivity contribution is 5.94. The van der Waals surface area contributed by atoms with E-state index in [1.165, 1.54) is 31.2 Å². The van der Waals surface area contributed by atoms with Crippen LogP contribution in [0.3, 0.4) is 0 Å². The molecule has 0 spiro atoms. The number of amides is 3. The normalized spacial score (nSPS) is 15.1. The Morgan fingerprint density at radius 2 is 1.40 bits per heavy atom. The van der Waals surface area contributed by atoms with E-state index in [1.54, 1.807) is 0 Å². The topological polar surface area (TPSA) is 249 Å². The van der Waals surface area contributed by atoms with Crippen molar-refractivity contribution >= 4 is 29.7 Å². The number of rotatable bonds is 14. The van der Waals surface area contributed by atoms with Crippen LogP contribution in [0.5, 0.6) is 5.75 Å². The molecule has 5 atom stereocenters. The molecule has 0 saturated carbocycles. The number of phenolic OH excluding ortho intramolecular Hbond substituents is 1. The summed E-state index contributed by atoms with van der Waals surface area (Å²) in [6.45, 7) is 0.322. The lowest BCUT2D eigenvalue weighted by atomic mass is 10.0. The Morgan fingerprint density at radius 3 is 1.89 bits per heavy atom. The fourth-order valence-electron chi connectivity index (χ4n) is 2.83. The number of aromatic hydroxyl groups is 1. The van der Waals surface area contributed by atoms with Crippen molar-refractivity contribution in [3.05, 3.63) is 29.8 Å². The van der Waals surface area contributed by atoms with Gasteiger partial charge in [-0.05, 0) is 31.0 Å². The molecule has 0 aliphatic rings. The molecule has 0 aliphatic heterocycles. The van der Waals surface area contributed by atoms with E-state index in [9.17, 15) is 34.2 Å². The molecule has 194 valence electrons. The number of aliphatic hydroxyl groups excluding tert-OH is 2. The van der Waals surface area contributed by atoms with E-state index in [0.717, 1.165) is 0 Å². The average molecular weight is 498 g/mol. The predicted octanol–water partition coefficient (Wildman–Crippen LogP) is -2.96. The number of hydrogen-bond acceptors (Lipinski definition) is 9. The number of carboxylic acids is 2. The number of carbonyl (C=O) groups excluding carboxylic acids is 3. The minimum Gasteiger partial charge on any atom is -0.508 e. The van der Waals surface area contributed by atoms with E-state index in [2.05, 4.69) is 10.6 Å². The van der Waals surface area contributed by atoms with Crippen LogP contribution in [0.15, 0.2) is 24.3 Å². The van der Waals surface area contributed by atoms with Gasteiger partial charge in [-0.2, -0.15) is 0 Å². The number of phenols is 1. The largest absolute Gasteiger partial charge is 0.508 e. The summed E-state index contributed by atoms with van der Waals surface area (Å²) < 4.78 is 0. The van der Waals surface area contributed by atoms with Crippen molar-refractivity contribution in [1.82, 2.24) is 16.0 Å². The van der Waals surface area contributed by atoms with Crippen molar-refractivity contribution in [3.8, 4) is 5.75 Å². The van der Waals surface area contributed by atoms with Crippen molar-refractivity contribution in [2.24, 2.45) is 5.73 Å². The Balaban J connectivity index is 3.14. The summed E-state index contributed by atoms with van der Waals surface area (Å²) in [5.41, 5.74) is 6.11. The van der Waals surface area contributed by atoms with Crippen LogP contribution in [0.25, 0.3) is 0 Å². The van der Waals surface area contributed by atoms with Gasteiger partial charge in [-0.3, -0.25) is 19.2 Å². The lowest BCUT2D eigenvalue weighted by Crippen LogP contribution is -2.58. The first-order valence-electron chi connectivity index (χ1n) is 10.5. The zero-order valence-electron chi connectivity index (χ0n) is 18.9. The first kappa shape index (κ1) is 29.3. The first-order valence-corrected chi connectivity index (χ1v) is 10.5. The van der Waals surface area contributed by atoms with Gasteiger partial charge in [0.2, 0.25) is 17.7 Å². The number of aliphatic carboxylic acids is 2. The van der Waals surface area contributed by atoms with Crippen molar-refractivity contribution in [3.63, 3.8) is 0 Å². The number of carbonyl (C=O) groups is 5. The fourth-order valence-corrected chi connectivity index (χ4v) is 2.83. The number of carboxylic acid groups (broad SMARTS) is 2. The zero-order valence-corrected chi connectivity index (χ0v) is 18.9. The maximum atomic E-state index is 13.0. The summed E-state index contributed by atoms with van der Waals surface area (Å²) in [5, 5.41) is 52.8. The van der Waals surface area contributed by atoms with E-state index in [-0.39, 0.29) is 12.2 Å². The molecule has 35 heavy (non-hydrogen) atoms. The van der Waals surface area contributed by atoms with Gasteiger partial charge in [0, 0.05) is 12.8 Å². The maximum Gasteiger partial charge on any atom is 0.328 e. The average Bonchev–Trinajstić information content (AvgIpc) is 2.79. The predicted molar refractivity (Wildman–Crippen MR) is 119 cm³/mol. The third kappa shape index (κ3) is 9.95. The van der Waals surface area contributed by atoms with Crippen molar-refractivity contribution in [2.45, 2.75) is 56.5 Å². The highest BCUT2D eigenvalue weighted by atomic mass is 16.4. The zero-order chi connectivity index (χ0) is 26.7. The number of hydrogen-bond donors (Lipinski definition) is 9. The molecule has 0 heterocycles. The smallest absolute Gasteiger partial charge is 0.328 e. The van der Waals surface area contributed by atoms with Crippen LogP contribution >= 0.6 is 0 Å². The second-order valence-electron chi connectivity index (χ2n) is 7.77. The molecule has 1 aromatic rings. The van der Waals surface area contributed by atoms with Crippen LogP contribution in [-0.4, -0.2) is 92.1 Å². The van der Waals surface area contributed by atoms with Crippen LogP contribution in [-0.2, 0) is 30.4 Å². The standard InChI is InChI=1S/C21H30N4O10/c1-10(27)17(22)20(33)24-14(8-11-2-4-12(28)5-3-11)19(32)23-13(6-7-16(29)30)18(31)25-15(9-26)21(34)35/h2-5,10,13-15,17,26-28H,6-9,22H2,1H3,(H,23,32)(H,24,33)(H,25,31)(H,29,30)(H,34,35). The maximum absolute atomic E-state index is 13.0. The molecule has 0 aromatic heterocycles. The lowest BCUT2D eigenvalue weighted by molar-refractivity contribution is -0.144. The van der Waals surface area contributed by atoms with Gasteiger partial charge < -0.3 is 47.2 Å². The third-order valence-corrected chi connectivity index (χ3v) is 4.91. The molecular weight excluding hydrogens is 468 g/mol. The molecule has 0 bridgehead atoms. The highest BCUT2D eigenvalue weighted by Crippen LogP contribution is 2.12. The van der Waals surface area contributed by atoms with Gasteiger partial charge in [0.15, 0.2) is 0 Å². The van der Waals surface area contributed by atoms with Crippen molar-refractivity contribution in [2.75, 3.05) is 6.61 Å². The number of benzene rings is 1. The molecule has 5 unspecified atom stereocenters. The number of nitrogens with two attached hydrogens (primary N) is 1. The quantitative estimate of drug-likeness (QED) is 0.125. The molecule has 14 nitrogen and oxygen atoms in total. The molecule has 3 amide bonds. The molecule has 10 N–H and O–H groups in total. The van der Waals surface area contributed by atoms with E-state index in [0.29, 0.717) is 5.56 Å². The summed E-state index contributed by atoms with van der Waals surface area (Å²) in [7, 11) is 0. The van der Waals surface area contributed by atoms with Gasteiger partial charge in [-0.15, -0.1) is 0 Å². The monoisotopic (exact) mass is 498 g/mol. The molecule has 14 heteroatoms. The number of nitrogens with one attached hydrogen (secondary N) is 3. The van der Waals surface area contributed by atoms with Crippen LogP contribution < -0.4 is 21.7 Å². The molecular formula is C21H30N4O10. The van der Waals surface area contributed by atoms with Gasteiger partial charge in [-0.25, -0.2) is 4.79 Å². The summed E-state index contributed by atoms with van der Waals surface area (Å²) in [6, 6.07) is -0.287. The lowest BCUT2D eigenvalue weighted by Gasteiger charge is -2.25. The van der Waals surface area contributed by atoms with Crippen LogP contribution in [0.2, 0.25) is 0 Å². The SMILES string of the molecule is CC(O)C(N)C(=O)NC(Cc1ccc(O)cc1)C(=O)NC(CCC(=O)O)C(=O)NC(CO)C(=O)O. The minimum atomic E-state index is -1.69. The van der Waals surface area contributed by atoms with Crippen LogP contribution in [0, 0.1) is 0 Å². The van der Waals surface area contributed by atoms with Gasteiger partial charge in [0.05, 0.1) is 12.7 Å². The summed E-state index contributed by atoms with van der Waals surface area (Å²) >= 11 is 0. The first-order chi connectivity index (χ1) is 16.3. The van der Waals surface area contributed by atoms with Crippen LogP contribution in [0.4, 0.5) is 0 Å². The Kier molecular flexibility index (Phi) is 11.6. The van der Waals surface area contributed by atoms with Crippen LogP contribution in [0.1, 0.15) is 25.3 Å². The third-order valence-electron chi connectivity index (χ3n) is 4.91. The summed E-state index contributed by atoms with van der Waals surface area (Å²) in [6.07, 6.45) is -2.35. The van der Waals surface area contributed by atoms with Gasteiger partial charge >= 0.3 is 11.9 Å². The Bertz CT molecular complexity index is 906. The number of aliphatic hydroxyl groups is 2. The molecule has 0 radical (unpaired) electrons. The van der Waals surface area contributed by atoms with E-state index in [1.807, 2.05) is 5.32 Å². The summed E-state index contributed by atoms with van der Waals surface area (Å²) in [4.78, 5) is 60.0. The van der Waals surface area contributed by atoms with E-state index < -0.39 is 79.4 Å². The molecule has 0 saturated heterocycles. The highest BCUT2D eigenvalue weighted by Gasteiger charge is 2.31. The van der Waals surface area contributed by atoms with Gasteiger partial charge in [0.1, 0.15) is 29.9 Å². The molecule has 0 aliphatic carbocycles. The van der Waals surface area contributed by atoms with E-state index in [4.69, 9.17) is 21.1 Å². The molecule has 1 aromatic carbocycles. The minimum absolute atomic E-state index is 0.0443. The van der Waals surface area contributed by atoms with Crippen molar-refractivity contribution < 1.29 is 49.5 Å². The van der Waals surface area contributed by atoms with Crippen molar-refractivity contribution in [1.29, 1.82) is 0 Å². The second-order valence-corrected chi connectivity index (χ2v) is 7.77. The molecule has 0 fully saturated rings. The Morgan fingerprint density at radius 1 is 0.886 bits per heavy atom. The van der Waals surface area contributed by atoms with E-state index >= 15 is 0 Å². The molecule has 1 rings (SSSR count). The Hall–Kier alpha value is -3.75. The fraction of sp³-hybridized carbons (Fsp3) is 0.476. The second kappa shape index (κ2) is 13.8.